The first kappa shape index (κ1) is 19.3. The van der Waals surface area contributed by atoms with Gasteiger partial charge in [-0.05, 0) is 48.7 Å². The first-order chi connectivity index (χ1) is 14.0. The summed E-state index contributed by atoms with van der Waals surface area (Å²) in [6.07, 6.45) is 1.63. The number of rotatable bonds is 5. The number of hydrogen-bond acceptors (Lipinski definition) is 4. The van der Waals surface area contributed by atoms with Crippen LogP contribution < -0.4 is 5.43 Å². The van der Waals surface area contributed by atoms with Crippen LogP contribution in [0.5, 0.6) is 0 Å². The molecule has 2 heterocycles. The fourth-order valence-electron chi connectivity index (χ4n) is 3.45. The van der Waals surface area contributed by atoms with Crippen LogP contribution in [-0.4, -0.2) is 30.1 Å². The van der Waals surface area contributed by atoms with Crippen LogP contribution in [0.15, 0.2) is 57.7 Å². The van der Waals surface area contributed by atoms with Crippen molar-refractivity contribution in [2.24, 2.45) is 0 Å². The zero-order chi connectivity index (χ0) is 20.4. The van der Waals surface area contributed by atoms with E-state index in [0.717, 1.165) is 30.5 Å². The Morgan fingerprint density at radius 2 is 1.83 bits per heavy atom. The van der Waals surface area contributed by atoms with Crippen molar-refractivity contribution in [1.82, 2.24) is 4.90 Å². The van der Waals surface area contributed by atoms with Gasteiger partial charge >= 0.3 is 0 Å². The maximum atomic E-state index is 13.4. The molecule has 3 aromatic rings. The molecular weight excluding hydrogens is 380 g/mol. The molecule has 1 amide bonds. The zero-order valence-corrected chi connectivity index (χ0v) is 15.6. The molecule has 7 heteroatoms. The third-order valence-corrected chi connectivity index (χ3v) is 4.92. The predicted molar refractivity (Wildman–Crippen MR) is 103 cm³/mol. The fraction of sp³-hybridized carbons (Fsp3) is 0.273. The highest BCUT2D eigenvalue weighted by atomic mass is 19.1. The van der Waals surface area contributed by atoms with Gasteiger partial charge in [-0.3, -0.25) is 9.59 Å². The molecule has 0 N–H and O–H groups in total. The van der Waals surface area contributed by atoms with Gasteiger partial charge in [-0.15, -0.1) is 0 Å². The minimum absolute atomic E-state index is 0.0748. The van der Waals surface area contributed by atoms with Crippen molar-refractivity contribution in [2.75, 3.05) is 13.2 Å². The van der Waals surface area contributed by atoms with E-state index in [1.807, 2.05) is 0 Å². The predicted octanol–water partition coefficient (Wildman–Crippen LogP) is 3.89. The zero-order valence-electron chi connectivity index (χ0n) is 15.6. The normalized spacial score (nSPS) is 16.3. The second-order valence-corrected chi connectivity index (χ2v) is 7.06. The molecule has 0 spiro atoms. The van der Waals surface area contributed by atoms with Crippen molar-refractivity contribution in [2.45, 2.75) is 25.5 Å². The van der Waals surface area contributed by atoms with Gasteiger partial charge in [0.25, 0.3) is 5.91 Å². The number of benzene rings is 2. The number of hydrogen-bond donors (Lipinski definition) is 0. The van der Waals surface area contributed by atoms with Crippen LogP contribution in [0, 0.1) is 11.6 Å². The SMILES string of the molecule is O=C(c1cc(=O)c2cc(F)ccc2o1)N(Cc1ccc(F)cc1)CC1CCCO1. The third kappa shape index (κ3) is 4.35. The molecule has 0 radical (unpaired) electrons. The molecule has 1 saturated heterocycles. The number of amides is 1. The highest BCUT2D eigenvalue weighted by molar-refractivity contribution is 5.93. The van der Waals surface area contributed by atoms with Crippen molar-refractivity contribution in [3.63, 3.8) is 0 Å². The van der Waals surface area contributed by atoms with Crippen molar-refractivity contribution < 1.29 is 22.7 Å². The van der Waals surface area contributed by atoms with Gasteiger partial charge in [-0.25, -0.2) is 8.78 Å². The second-order valence-electron chi connectivity index (χ2n) is 7.06. The Hall–Kier alpha value is -3.06. The van der Waals surface area contributed by atoms with Crippen LogP contribution in [0.2, 0.25) is 0 Å². The summed E-state index contributed by atoms with van der Waals surface area (Å²) in [7, 11) is 0. The Morgan fingerprint density at radius 1 is 1.07 bits per heavy atom. The summed E-state index contributed by atoms with van der Waals surface area (Å²) in [5.74, 6) is -1.53. The van der Waals surface area contributed by atoms with Crippen molar-refractivity contribution in [3.05, 3.63) is 81.7 Å². The lowest BCUT2D eigenvalue weighted by Crippen LogP contribution is -2.37. The average Bonchev–Trinajstić information content (AvgIpc) is 3.22. The minimum Gasteiger partial charge on any atom is -0.451 e. The lowest BCUT2D eigenvalue weighted by molar-refractivity contribution is 0.0484. The Kier molecular flexibility index (Phi) is 5.40. The van der Waals surface area contributed by atoms with Crippen LogP contribution in [0.3, 0.4) is 0 Å². The van der Waals surface area contributed by atoms with Gasteiger partial charge < -0.3 is 14.1 Å². The standard InChI is InChI=1S/C22H19F2NO4/c23-15-5-3-14(4-6-15)12-25(13-17-2-1-9-28-17)22(27)21-11-19(26)18-10-16(24)7-8-20(18)29-21/h3-8,10-11,17H,1-2,9,12-13H2. The Balaban J connectivity index is 1.66. The molecule has 1 aliphatic heterocycles. The van der Waals surface area contributed by atoms with E-state index in [-0.39, 0.29) is 35.2 Å². The molecule has 1 fully saturated rings. The second kappa shape index (κ2) is 8.13. The summed E-state index contributed by atoms with van der Waals surface area (Å²) in [5.41, 5.74) is 0.386. The molecule has 1 aliphatic rings. The number of halogens is 2. The molecule has 2 aromatic carbocycles. The summed E-state index contributed by atoms with van der Waals surface area (Å²) in [6.45, 7) is 1.17. The lowest BCUT2D eigenvalue weighted by atomic mass is 10.1. The summed E-state index contributed by atoms with van der Waals surface area (Å²) in [4.78, 5) is 27.0. The van der Waals surface area contributed by atoms with Gasteiger partial charge in [0.15, 0.2) is 11.2 Å². The van der Waals surface area contributed by atoms with Crippen molar-refractivity contribution in [1.29, 1.82) is 0 Å². The van der Waals surface area contributed by atoms with Gasteiger partial charge in [0.2, 0.25) is 0 Å². The van der Waals surface area contributed by atoms with Gasteiger partial charge in [0, 0.05) is 25.8 Å². The summed E-state index contributed by atoms with van der Waals surface area (Å²) in [5, 5.41) is 0.0748. The molecule has 1 aromatic heterocycles. The van der Waals surface area contributed by atoms with E-state index in [9.17, 15) is 18.4 Å². The smallest absolute Gasteiger partial charge is 0.290 e. The molecule has 0 aliphatic carbocycles. The maximum Gasteiger partial charge on any atom is 0.290 e. The molecule has 29 heavy (non-hydrogen) atoms. The summed E-state index contributed by atoms with van der Waals surface area (Å²) >= 11 is 0. The summed E-state index contributed by atoms with van der Waals surface area (Å²) in [6, 6.07) is 10.5. The van der Waals surface area contributed by atoms with Crippen LogP contribution in [0.1, 0.15) is 29.0 Å². The molecule has 0 bridgehead atoms. The summed E-state index contributed by atoms with van der Waals surface area (Å²) < 4.78 is 37.9. The number of carbonyl (C=O) groups excluding carboxylic acids is 1. The highest BCUT2D eigenvalue weighted by Crippen LogP contribution is 2.19. The van der Waals surface area contributed by atoms with Gasteiger partial charge in [0.05, 0.1) is 11.5 Å². The van der Waals surface area contributed by atoms with Gasteiger partial charge in [-0.2, -0.15) is 0 Å². The monoisotopic (exact) mass is 399 g/mol. The van der Waals surface area contributed by atoms with Gasteiger partial charge in [0.1, 0.15) is 17.2 Å². The molecule has 4 rings (SSSR count). The Labute approximate surface area is 165 Å². The van der Waals surface area contributed by atoms with E-state index in [1.54, 1.807) is 12.1 Å². The number of carbonyl (C=O) groups is 1. The number of nitrogens with zero attached hydrogens (tertiary/aromatic N) is 1. The molecule has 5 nitrogen and oxygen atoms in total. The molecular formula is C22H19F2NO4. The van der Waals surface area contributed by atoms with Crippen LogP contribution in [0.4, 0.5) is 8.78 Å². The molecule has 1 atom stereocenters. The highest BCUT2D eigenvalue weighted by Gasteiger charge is 2.25. The van der Waals surface area contributed by atoms with Crippen molar-refractivity contribution >= 4 is 16.9 Å². The molecule has 1 unspecified atom stereocenters. The van der Waals surface area contributed by atoms with E-state index >= 15 is 0 Å². The minimum atomic E-state index is -0.555. The average molecular weight is 399 g/mol. The Morgan fingerprint density at radius 3 is 2.55 bits per heavy atom. The fourth-order valence-corrected chi connectivity index (χ4v) is 3.45. The third-order valence-electron chi connectivity index (χ3n) is 4.92. The van der Waals surface area contributed by atoms with E-state index < -0.39 is 17.2 Å². The van der Waals surface area contributed by atoms with E-state index in [0.29, 0.717) is 13.2 Å². The largest absolute Gasteiger partial charge is 0.451 e. The van der Waals surface area contributed by atoms with Crippen LogP contribution >= 0.6 is 0 Å². The van der Waals surface area contributed by atoms with Crippen LogP contribution in [0.25, 0.3) is 11.0 Å². The van der Waals surface area contributed by atoms with Crippen molar-refractivity contribution in [3.8, 4) is 0 Å². The van der Waals surface area contributed by atoms with Crippen LogP contribution in [-0.2, 0) is 11.3 Å². The molecule has 150 valence electrons. The number of fused-ring (bicyclic) bond motifs is 1. The van der Waals surface area contributed by atoms with E-state index in [2.05, 4.69) is 0 Å². The Bertz CT molecular complexity index is 1090. The van der Waals surface area contributed by atoms with E-state index in [4.69, 9.17) is 9.15 Å². The molecule has 0 saturated carbocycles. The number of ether oxygens (including phenoxy) is 1. The van der Waals surface area contributed by atoms with E-state index in [1.165, 1.54) is 29.2 Å². The van der Waals surface area contributed by atoms with Gasteiger partial charge in [-0.1, -0.05) is 12.1 Å². The lowest BCUT2D eigenvalue weighted by Gasteiger charge is -2.25. The topological polar surface area (TPSA) is 59.8 Å². The quantitative estimate of drug-likeness (QED) is 0.653. The maximum absolute atomic E-state index is 13.4. The first-order valence-corrected chi connectivity index (χ1v) is 9.38. The first-order valence-electron chi connectivity index (χ1n) is 9.38.